The van der Waals surface area contributed by atoms with Crippen molar-refractivity contribution in [2.45, 2.75) is 58.4 Å². The van der Waals surface area contributed by atoms with E-state index in [1.165, 1.54) is 12.1 Å². The minimum atomic E-state index is -0.341. The topological polar surface area (TPSA) is 89.1 Å². The lowest BCUT2D eigenvalue weighted by Gasteiger charge is -2.27. The van der Waals surface area contributed by atoms with Gasteiger partial charge in [-0.05, 0) is 38.0 Å². The molecule has 0 radical (unpaired) electrons. The molecule has 2 aromatic heterocycles. The van der Waals surface area contributed by atoms with E-state index in [1.807, 2.05) is 20.8 Å². The van der Waals surface area contributed by atoms with Gasteiger partial charge < -0.3 is 9.42 Å². The Hall–Kier alpha value is -3.23. The maximum atomic E-state index is 13.6. The third-order valence-corrected chi connectivity index (χ3v) is 5.44. The van der Waals surface area contributed by atoms with E-state index in [0.29, 0.717) is 29.8 Å². The Bertz CT molecular complexity index is 1060. The van der Waals surface area contributed by atoms with E-state index in [4.69, 9.17) is 4.52 Å². The lowest BCUT2D eigenvalue weighted by atomic mass is 10.1. The first-order valence-corrected chi connectivity index (χ1v) is 10.7. The van der Waals surface area contributed by atoms with Gasteiger partial charge in [0.25, 0.3) is 0 Å². The van der Waals surface area contributed by atoms with Gasteiger partial charge in [0.2, 0.25) is 5.89 Å². The fourth-order valence-corrected chi connectivity index (χ4v) is 3.82. The molecule has 31 heavy (non-hydrogen) atoms. The van der Waals surface area contributed by atoms with Crippen LogP contribution in [-0.4, -0.2) is 37.4 Å². The third-order valence-electron chi connectivity index (χ3n) is 5.44. The molecule has 1 N–H and O–H groups in total. The van der Waals surface area contributed by atoms with Crippen molar-refractivity contribution in [1.29, 1.82) is 0 Å². The molecule has 9 heteroatoms. The number of aryl methyl sites for hydroxylation is 1. The van der Waals surface area contributed by atoms with Crippen LogP contribution in [0.2, 0.25) is 0 Å². The fraction of sp³-hybridized carbons (Fsp3) is 0.455. The van der Waals surface area contributed by atoms with Crippen LogP contribution in [0.5, 0.6) is 0 Å². The second-order valence-electron chi connectivity index (χ2n) is 8.20. The number of aromatic nitrogens is 4. The number of likely N-dealkylation sites (tertiary alicyclic amines) is 1. The molecular formula is C22H27FN6O2. The van der Waals surface area contributed by atoms with Gasteiger partial charge in [-0.15, -0.1) is 5.10 Å². The Morgan fingerprint density at radius 2 is 2.10 bits per heavy atom. The standard InChI is InChI=1S/C22H27FN6O2/c1-14(2)21-25-20(27-31-21)18-10-5-4-6-11-28(18)22(30)24-19-12-15(3)29(26-19)17-9-7-8-16(23)13-17/h7-9,12-14,18H,4-6,10-11H2,1-3H3,(H,24,26,30). The van der Waals surface area contributed by atoms with Crippen molar-refractivity contribution in [2.75, 3.05) is 11.9 Å². The summed E-state index contributed by atoms with van der Waals surface area (Å²) >= 11 is 0. The van der Waals surface area contributed by atoms with E-state index < -0.39 is 0 Å². The molecule has 3 heterocycles. The molecule has 0 aliphatic carbocycles. The van der Waals surface area contributed by atoms with E-state index in [2.05, 4.69) is 20.6 Å². The molecule has 1 unspecified atom stereocenters. The number of urea groups is 1. The summed E-state index contributed by atoms with van der Waals surface area (Å²) in [5.41, 5.74) is 1.38. The number of carbonyl (C=O) groups is 1. The summed E-state index contributed by atoms with van der Waals surface area (Å²) in [6, 6.07) is 7.44. The summed E-state index contributed by atoms with van der Waals surface area (Å²) in [4.78, 5) is 19.5. The average molecular weight is 426 g/mol. The summed E-state index contributed by atoms with van der Waals surface area (Å²) in [5.74, 6) is 1.31. The van der Waals surface area contributed by atoms with Gasteiger partial charge >= 0.3 is 6.03 Å². The van der Waals surface area contributed by atoms with Crippen LogP contribution in [0.4, 0.5) is 15.0 Å². The van der Waals surface area contributed by atoms with Gasteiger partial charge in [-0.3, -0.25) is 5.32 Å². The Morgan fingerprint density at radius 1 is 1.26 bits per heavy atom. The van der Waals surface area contributed by atoms with Crippen molar-refractivity contribution in [3.05, 3.63) is 53.6 Å². The summed E-state index contributed by atoms with van der Waals surface area (Å²) in [5, 5.41) is 11.5. The van der Waals surface area contributed by atoms with Crippen LogP contribution in [0.15, 0.2) is 34.9 Å². The summed E-state index contributed by atoms with van der Waals surface area (Å²) in [6.07, 6.45) is 3.73. The molecule has 4 rings (SSSR count). The van der Waals surface area contributed by atoms with Crippen LogP contribution in [0.25, 0.3) is 5.69 Å². The average Bonchev–Trinajstić information content (AvgIpc) is 3.28. The second-order valence-corrected chi connectivity index (χ2v) is 8.20. The molecule has 0 bridgehead atoms. The number of anilines is 1. The van der Waals surface area contributed by atoms with Crippen LogP contribution in [0.3, 0.4) is 0 Å². The number of hydrogen-bond donors (Lipinski definition) is 1. The van der Waals surface area contributed by atoms with E-state index in [0.717, 1.165) is 31.4 Å². The Labute approximate surface area is 180 Å². The quantitative estimate of drug-likeness (QED) is 0.636. The minimum absolute atomic E-state index is 0.129. The smallest absolute Gasteiger partial charge is 0.323 e. The van der Waals surface area contributed by atoms with Crippen molar-refractivity contribution in [3.63, 3.8) is 0 Å². The van der Waals surface area contributed by atoms with Gasteiger partial charge in [0.1, 0.15) is 5.82 Å². The maximum absolute atomic E-state index is 13.6. The lowest BCUT2D eigenvalue weighted by Crippen LogP contribution is -2.38. The molecule has 2 amide bonds. The molecule has 1 atom stereocenters. The highest BCUT2D eigenvalue weighted by Crippen LogP contribution is 2.30. The SMILES string of the molecule is Cc1cc(NC(=O)N2CCCCCC2c2noc(C(C)C)n2)nn1-c1cccc(F)c1. The highest BCUT2D eigenvalue weighted by atomic mass is 19.1. The number of halogens is 1. The number of benzene rings is 1. The van der Waals surface area contributed by atoms with Gasteiger partial charge in [-0.1, -0.05) is 37.9 Å². The first-order chi connectivity index (χ1) is 14.9. The Balaban J connectivity index is 1.55. The van der Waals surface area contributed by atoms with E-state index >= 15 is 0 Å². The van der Waals surface area contributed by atoms with Crippen molar-refractivity contribution in [3.8, 4) is 5.69 Å². The van der Waals surface area contributed by atoms with Gasteiger partial charge in [-0.2, -0.15) is 4.98 Å². The van der Waals surface area contributed by atoms with Gasteiger partial charge in [-0.25, -0.2) is 13.9 Å². The zero-order valence-electron chi connectivity index (χ0n) is 18.0. The van der Waals surface area contributed by atoms with Crippen LogP contribution >= 0.6 is 0 Å². The van der Waals surface area contributed by atoms with Crippen molar-refractivity contribution < 1.29 is 13.7 Å². The second kappa shape index (κ2) is 8.87. The number of nitrogens with one attached hydrogen (secondary N) is 1. The molecule has 164 valence electrons. The number of rotatable bonds is 4. The maximum Gasteiger partial charge on any atom is 0.323 e. The Kier molecular flexibility index (Phi) is 6.01. The van der Waals surface area contributed by atoms with Gasteiger partial charge in [0, 0.05) is 24.2 Å². The number of carbonyl (C=O) groups excluding carboxylic acids is 1. The largest absolute Gasteiger partial charge is 0.339 e. The first kappa shape index (κ1) is 21.0. The molecule has 0 saturated carbocycles. The molecule has 3 aromatic rings. The van der Waals surface area contributed by atoms with E-state index in [-0.39, 0.29) is 23.8 Å². The van der Waals surface area contributed by atoms with Gasteiger partial charge in [0.05, 0.1) is 11.7 Å². The van der Waals surface area contributed by atoms with Crippen LogP contribution in [-0.2, 0) is 0 Å². The minimum Gasteiger partial charge on any atom is -0.339 e. The van der Waals surface area contributed by atoms with Crippen LogP contribution < -0.4 is 5.32 Å². The van der Waals surface area contributed by atoms with Crippen molar-refractivity contribution in [2.24, 2.45) is 0 Å². The highest BCUT2D eigenvalue weighted by molar-refractivity contribution is 5.88. The Morgan fingerprint density at radius 3 is 2.84 bits per heavy atom. The fourth-order valence-electron chi connectivity index (χ4n) is 3.82. The highest BCUT2D eigenvalue weighted by Gasteiger charge is 2.31. The molecule has 0 spiro atoms. The van der Waals surface area contributed by atoms with Gasteiger partial charge in [0.15, 0.2) is 11.6 Å². The first-order valence-electron chi connectivity index (χ1n) is 10.7. The molecule has 1 aromatic carbocycles. The summed E-state index contributed by atoms with van der Waals surface area (Å²) < 4.78 is 20.6. The van der Waals surface area contributed by atoms with E-state index in [1.54, 1.807) is 27.8 Å². The lowest BCUT2D eigenvalue weighted by molar-refractivity contribution is 0.184. The predicted octanol–water partition coefficient (Wildman–Crippen LogP) is 4.98. The molecule has 1 aliphatic rings. The molecule has 1 aliphatic heterocycles. The normalized spacial score (nSPS) is 17.1. The molecule has 1 saturated heterocycles. The van der Waals surface area contributed by atoms with Crippen LogP contribution in [0, 0.1) is 12.7 Å². The number of nitrogens with zero attached hydrogens (tertiary/aromatic N) is 5. The monoisotopic (exact) mass is 426 g/mol. The van der Waals surface area contributed by atoms with E-state index in [9.17, 15) is 9.18 Å². The summed E-state index contributed by atoms with van der Waals surface area (Å²) in [6.45, 7) is 6.44. The molecule has 1 fully saturated rings. The molecule has 8 nitrogen and oxygen atoms in total. The summed E-state index contributed by atoms with van der Waals surface area (Å²) in [7, 11) is 0. The zero-order valence-corrected chi connectivity index (χ0v) is 18.0. The van der Waals surface area contributed by atoms with Crippen molar-refractivity contribution >= 4 is 11.8 Å². The zero-order chi connectivity index (χ0) is 22.0. The number of hydrogen-bond acceptors (Lipinski definition) is 5. The van der Waals surface area contributed by atoms with Crippen molar-refractivity contribution in [1.82, 2.24) is 24.8 Å². The predicted molar refractivity (Wildman–Crippen MR) is 114 cm³/mol. The third kappa shape index (κ3) is 4.60. The van der Waals surface area contributed by atoms with Crippen LogP contribution in [0.1, 0.15) is 68.9 Å². The molecular weight excluding hydrogens is 399 g/mol. The number of amides is 2.